The van der Waals surface area contributed by atoms with Gasteiger partial charge in [-0.1, -0.05) is 18.2 Å². The Morgan fingerprint density at radius 2 is 1.83 bits per heavy atom. The van der Waals surface area contributed by atoms with Gasteiger partial charge in [-0.2, -0.15) is 0 Å². The summed E-state index contributed by atoms with van der Waals surface area (Å²) in [5.41, 5.74) is 9.02. The highest BCUT2D eigenvalue weighted by Gasteiger charge is 2.13. The Kier molecular flexibility index (Phi) is 5.71. The van der Waals surface area contributed by atoms with Gasteiger partial charge in [-0.25, -0.2) is 0 Å². The van der Waals surface area contributed by atoms with Gasteiger partial charge < -0.3 is 16.4 Å². The number of carbonyl (C=O) groups is 2. The number of amides is 2. The highest BCUT2D eigenvalue weighted by Crippen LogP contribution is 2.17. The van der Waals surface area contributed by atoms with E-state index < -0.39 is 0 Å². The molecule has 0 aliphatic rings. The van der Waals surface area contributed by atoms with Crippen LogP contribution in [-0.2, 0) is 6.54 Å². The summed E-state index contributed by atoms with van der Waals surface area (Å²) < 4.78 is 0. The Morgan fingerprint density at radius 1 is 1.08 bits per heavy atom. The van der Waals surface area contributed by atoms with Gasteiger partial charge in [0.25, 0.3) is 11.8 Å². The topological polar surface area (TPSA) is 84.2 Å². The maximum absolute atomic E-state index is 12.4. The van der Waals surface area contributed by atoms with Crippen molar-refractivity contribution in [3.8, 4) is 0 Å². The summed E-state index contributed by atoms with van der Waals surface area (Å²) in [6.45, 7) is 6.06. The Labute approximate surface area is 142 Å². The average molecular weight is 325 g/mol. The highest BCUT2D eigenvalue weighted by atomic mass is 16.2. The van der Waals surface area contributed by atoms with Crippen LogP contribution in [0.15, 0.2) is 42.5 Å². The zero-order valence-electron chi connectivity index (χ0n) is 14.2. The van der Waals surface area contributed by atoms with Crippen LogP contribution < -0.4 is 16.4 Å². The molecule has 0 unspecified atom stereocenters. The molecule has 2 rings (SSSR count). The number of carbonyl (C=O) groups excluding carboxylic acids is 2. The first-order valence-corrected chi connectivity index (χ1v) is 7.92. The SMILES string of the molecule is Cc1ccc(NC(=O)c2cccc(CN)c2)cc1C(=O)NC(C)C. The van der Waals surface area contributed by atoms with Gasteiger partial charge in [-0.15, -0.1) is 0 Å². The summed E-state index contributed by atoms with van der Waals surface area (Å²) in [6, 6.07) is 12.5. The number of hydrogen-bond donors (Lipinski definition) is 3. The van der Waals surface area contributed by atoms with Crippen LogP contribution in [0.1, 0.15) is 45.7 Å². The van der Waals surface area contributed by atoms with Crippen LogP contribution in [-0.4, -0.2) is 17.9 Å². The van der Waals surface area contributed by atoms with Crippen LogP contribution in [0, 0.1) is 6.92 Å². The first kappa shape index (κ1) is 17.7. The van der Waals surface area contributed by atoms with Crippen molar-refractivity contribution in [1.29, 1.82) is 0 Å². The van der Waals surface area contributed by atoms with Crippen molar-refractivity contribution in [3.05, 3.63) is 64.7 Å². The number of nitrogens with one attached hydrogen (secondary N) is 2. The smallest absolute Gasteiger partial charge is 0.255 e. The summed E-state index contributed by atoms with van der Waals surface area (Å²) in [6.07, 6.45) is 0. The molecule has 5 heteroatoms. The highest BCUT2D eigenvalue weighted by molar-refractivity contribution is 6.05. The third-order valence-corrected chi connectivity index (χ3v) is 3.58. The van der Waals surface area contributed by atoms with Crippen molar-refractivity contribution >= 4 is 17.5 Å². The molecular weight excluding hydrogens is 302 g/mol. The fourth-order valence-electron chi connectivity index (χ4n) is 2.33. The molecule has 0 spiro atoms. The van der Waals surface area contributed by atoms with Gasteiger partial charge in [0.2, 0.25) is 0 Å². The number of anilines is 1. The molecule has 0 saturated heterocycles. The van der Waals surface area contributed by atoms with E-state index in [0.29, 0.717) is 23.4 Å². The second kappa shape index (κ2) is 7.75. The van der Waals surface area contributed by atoms with E-state index in [1.54, 1.807) is 30.3 Å². The minimum Gasteiger partial charge on any atom is -0.350 e. The maximum Gasteiger partial charge on any atom is 0.255 e. The van der Waals surface area contributed by atoms with Crippen molar-refractivity contribution in [3.63, 3.8) is 0 Å². The van der Waals surface area contributed by atoms with Gasteiger partial charge in [0.1, 0.15) is 0 Å². The molecule has 0 aliphatic heterocycles. The predicted molar refractivity (Wildman–Crippen MR) is 96.1 cm³/mol. The number of benzene rings is 2. The first-order valence-electron chi connectivity index (χ1n) is 7.92. The lowest BCUT2D eigenvalue weighted by atomic mass is 10.1. The molecule has 0 radical (unpaired) electrons. The zero-order chi connectivity index (χ0) is 17.7. The van der Waals surface area contributed by atoms with Gasteiger partial charge in [-0.3, -0.25) is 9.59 Å². The second-order valence-electron chi connectivity index (χ2n) is 6.02. The minimum atomic E-state index is -0.232. The van der Waals surface area contributed by atoms with Gasteiger partial charge in [0, 0.05) is 29.4 Å². The van der Waals surface area contributed by atoms with E-state index in [1.807, 2.05) is 32.9 Å². The van der Waals surface area contributed by atoms with Crippen LogP contribution >= 0.6 is 0 Å². The standard InChI is InChI=1S/C19H23N3O2/c1-12(2)21-19(24)17-10-16(8-7-13(17)3)22-18(23)15-6-4-5-14(9-15)11-20/h4-10,12H,11,20H2,1-3H3,(H,21,24)(H,22,23). The molecule has 2 aromatic rings. The van der Waals surface area contributed by atoms with Gasteiger partial charge >= 0.3 is 0 Å². The Balaban J connectivity index is 2.20. The van der Waals surface area contributed by atoms with E-state index in [-0.39, 0.29) is 17.9 Å². The molecule has 4 N–H and O–H groups in total. The Hall–Kier alpha value is -2.66. The molecular formula is C19H23N3O2. The van der Waals surface area contributed by atoms with E-state index >= 15 is 0 Å². The average Bonchev–Trinajstić information content (AvgIpc) is 2.55. The summed E-state index contributed by atoms with van der Waals surface area (Å²) in [4.78, 5) is 24.6. The largest absolute Gasteiger partial charge is 0.350 e. The van der Waals surface area contributed by atoms with E-state index in [9.17, 15) is 9.59 Å². The first-order chi connectivity index (χ1) is 11.4. The van der Waals surface area contributed by atoms with Gasteiger partial charge in [0.05, 0.1) is 0 Å². The predicted octanol–water partition coefficient (Wildman–Crippen LogP) is 2.84. The molecule has 0 fully saturated rings. The molecule has 2 amide bonds. The summed E-state index contributed by atoms with van der Waals surface area (Å²) >= 11 is 0. The Bertz CT molecular complexity index is 754. The lowest BCUT2D eigenvalue weighted by Crippen LogP contribution is -2.30. The molecule has 0 bridgehead atoms. The minimum absolute atomic E-state index is 0.0501. The van der Waals surface area contributed by atoms with Gasteiger partial charge in [-0.05, 0) is 56.2 Å². The molecule has 24 heavy (non-hydrogen) atoms. The quantitative estimate of drug-likeness (QED) is 0.790. The summed E-state index contributed by atoms with van der Waals surface area (Å²) in [7, 11) is 0. The third kappa shape index (κ3) is 4.43. The third-order valence-electron chi connectivity index (χ3n) is 3.58. The van der Waals surface area contributed by atoms with E-state index in [0.717, 1.165) is 11.1 Å². The Morgan fingerprint density at radius 3 is 2.50 bits per heavy atom. The summed E-state index contributed by atoms with van der Waals surface area (Å²) in [5.74, 6) is -0.381. The van der Waals surface area contributed by atoms with Crippen LogP contribution in [0.25, 0.3) is 0 Å². The normalized spacial score (nSPS) is 10.5. The van der Waals surface area contributed by atoms with Crippen LogP contribution in [0.3, 0.4) is 0 Å². The molecule has 0 heterocycles. The second-order valence-corrected chi connectivity index (χ2v) is 6.02. The van der Waals surface area contributed by atoms with Crippen molar-refractivity contribution in [2.75, 3.05) is 5.32 Å². The number of hydrogen-bond acceptors (Lipinski definition) is 3. The molecule has 2 aromatic carbocycles. The molecule has 5 nitrogen and oxygen atoms in total. The van der Waals surface area contributed by atoms with Crippen molar-refractivity contribution < 1.29 is 9.59 Å². The molecule has 0 atom stereocenters. The number of rotatable bonds is 5. The molecule has 126 valence electrons. The zero-order valence-corrected chi connectivity index (χ0v) is 14.2. The summed E-state index contributed by atoms with van der Waals surface area (Å²) in [5, 5.41) is 5.69. The van der Waals surface area contributed by atoms with Crippen LogP contribution in [0.4, 0.5) is 5.69 Å². The lowest BCUT2D eigenvalue weighted by Gasteiger charge is -2.13. The maximum atomic E-state index is 12.4. The number of nitrogens with two attached hydrogens (primary N) is 1. The van der Waals surface area contributed by atoms with Crippen LogP contribution in [0.5, 0.6) is 0 Å². The monoisotopic (exact) mass is 325 g/mol. The van der Waals surface area contributed by atoms with Crippen molar-refractivity contribution in [2.45, 2.75) is 33.4 Å². The van der Waals surface area contributed by atoms with Crippen LogP contribution in [0.2, 0.25) is 0 Å². The van der Waals surface area contributed by atoms with E-state index in [2.05, 4.69) is 10.6 Å². The molecule has 0 saturated carbocycles. The fraction of sp³-hybridized carbons (Fsp3) is 0.263. The van der Waals surface area contributed by atoms with Gasteiger partial charge in [0.15, 0.2) is 0 Å². The molecule has 0 aliphatic carbocycles. The molecule has 0 aromatic heterocycles. The fourth-order valence-corrected chi connectivity index (χ4v) is 2.33. The van der Waals surface area contributed by atoms with E-state index in [1.165, 1.54) is 0 Å². The number of aryl methyl sites for hydroxylation is 1. The van der Waals surface area contributed by atoms with Crippen molar-refractivity contribution in [1.82, 2.24) is 5.32 Å². The van der Waals surface area contributed by atoms with E-state index in [4.69, 9.17) is 5.73 Å². The van der Waals surface area contributed by atoms with Crippen molar-refractivity contribution in [2.24, 2.45) is 5.73 Å². The lowest BCUT2D eigenvalue weighted by molar-refractivity contribution is 0.0941.